The Morgan fingerprint density at radius 1 is 1.32 bits per heavy atom. The number of nitrogens with two attached hydrogens (primary N) is 1. The second kappa shape index (κ2) is 7.77. The Morgan fingerprint density at radius 3 is 2.48 bits per heavy atom. The van der Waals surface area contributed by atoms with Crippen LogP contribution in [0.1, 0.15) is 36.8 Å². The first-order valence-corrected chi connectivity index (χ1v) is 8.49. The number of aryl methyl sites for hydroxylation is 1. The first-order chi connectivity index (χ1) is 11.7. The summed E-state index contributed by atoms with van der Waals surface area (Å²) in [6.07, 6.45) is -3.76. The van der Waals surface area contributed by atoms with E-state index in [4.69, 9.17) is 5.84 Å². The van der Waals surface area contributed by atoms with Crippen molar-refractivity contribution in [2.45, 2.75) is 37.6 Å². The standard InChI is InChI=1S/C15H18F3N5OS/c1-3-10-4-6-11(7-5-10)9(2)20-12(24)8-25-14-22-21-13(23(14)19)15(16,17)18/h4-7,9H,3,8,19H2,1-2H3,(H,20,24). The number of hydrogen-bond donors (Lipinski definition) is 2. The molecule has 0 radical (unpaired) electrons. The predicted molar refractivity (Wildman–Crippen MR) is 88.3 cm³/mol. The summed E-state index contributed by atoms with van der Waals surface area (Å²) in [7, 11) is 0. The summed E-state index contributed by atoms with van der Waals surface area (Å²) in [6, 6.07) is 7.62. The van der Waals surface area contributed by atoms with Crippen molar-refractivity contribution in [2.24, 2.45) is 0 Å². The van der Waals surface area contributed by atoms with Gasteiger partial charge in [-0.05, 0) is 24.5 Å². The van der Waals surface area contributed by atoms with E-state index in [1.807, 2.05) is 31.2 Å². The Balaban J connectivity index is 1.91. The summed E-state index contributed by atoms with van der Waals surface area (Å²) >= 11 is 0.788. The van der Waals surface area contributed by atoms with Gasteiger partial charge >= 0.3 is 6.18 Å². The minimum Gasteiger partial charge on any atom is -0.349 e. The van der Waals surface area contributed by atoms with Crippen LogP contribution in [0.4, 0.5) is 13.2 Å². The van der Waals surface area contributed by atoms with Gasteiger partial charge in [0, 0.05) is 0 Å². The highest BCUT2D eigenvalue weighted by Gasteiger charge is 2.38. The van der Waals surface area contributed by atoms with Crippen LogP contribution in [0.2, 0.25) is 0 Å². The number of carbonyl (C=O) groups is 1. The highest BCUT2D eigenvalue weighted by atomic mass is 32.2. The summed E-state index contributed by atoms with van der Waals surface area (Å²) < 4.78 is 38.1. The van der Waals surface area contributed by atoms with Gasteiger partial charge in [-0.2, -0.15) is 13.2 Å². The van der Waals surface area contributed by atoms with Crippen LogP contribution < -0.4 is 11.2 Å². The van der Waals surface area contributed by atoms with Crippen LogP contribution in [0.25, 0.3) is 0 Å². The normalized spacial score (nSPS) is 12.8. The number of halogens is 3. The molecule has 1 atom stereocenters. The van der Waals surface area contributed by atoms with Crippen LogP contribution in [-0.4, -0.2) is 26.5 Å². The third kappa shape index (κ3) is 4.88. The van der Waals surface area contributed by atoms with Crippen molar-refractivity contribution >= 4 is 17.7 Å². The van der Waals surface area contributed by atoms with Crippen LogP contribution >= 0.6 is 11.8 Å². The van der Waals surface area contributed by atoms with E-state index in [1.54, 1.807) is 0 Å². The van der Waals surface area contributed by atoms with E-state index in [0.29, 0.717) is 4.68 Å². The van der Waals surface area contributed by atoms with E-state index in [0.717, 1.165) is 23.7 Å². The highest BCUT2D eigenvalue weighted by molar-refractivity contribution is 7.99. The molecule has 6 nitrogen and oxygen atoms in total. The van der Waals surface area contributed by atoms with E-state index in [-0.39, 0.29) is 22.9 Å². The average Bonchev–Trinajstić information content (AvgIpc) is 2.94. The van der Waals surface area contributed by atoms with Crippen molar-refractivity contribution in [2.75, 3.05) is 11.6 Å². The summed E-state index contributed by atoms with van der Waals surface area (Å²) in [6.45, 7) is 3.88. The molecule has 0 saturated heterocycles. The van der Waals surface area contributed by atoms with Crippen molar-refractivity contribution in [3.05, 3.63) is 41.2 Å². The van der Waals surface area contributed by atoms with Crippen molar-refractivity contribution < 1.29 is 18.0 Å². The third-order valence-corrected chi connectivity index (χ3v) is 4.46. The number of nitrogens with one attached hydrogen (secondary N) is 1. The maximum Gasteiger partial charge on any atom is 0.453 e. The SMILES string of the molecule is CCc1ccc(C(C)NC(=O)CSc2nnc(C(F)(F)F)n2N)cc1. The monoisotopic (exact) mass is 373 g/mol. The lowest BCUT2D eigenvalue weighted by molar-refractivity contribution is -0.146. The third-order valence-electron chi connectivity index (χ3n) is 3.52. The Labute approximate surface area is 147 Å². The first-order valence-electron chi connectivity index (χ1n) is 7.51. The molecule has 1 heterocycles. The van der Waals surface area contributed by atoms with E-state index < -0.39 is 12.0 Å². The number of alkyl halides is 3. The van der Waals surface area contributed by atoms with Gasteiger partial charge < -0.3 is 11.2 Å². The zero-order chi connectivity index (χ0) is 18.6. The molecule has 0 saturated carbocycles. The van der Waals surface area contributed by atoms with Crippen LogP contribution in [0.3, 0.4) is 0 Å². The number of rotatable bonds is 6. The Morgan fingerprint density at radius 2 is 1.96 bits per heavy atom. The Kier molecular flexibility index (Phi) is 5.93. The number of benzene rings is 1. The summed E-state index contributed by atoms with van der Waals surface area (Å²) in [5, 5.41) is 8.96. The molecule has 1 aromatic heterocycles. The molecule has 10 heteroatoms. The van der Waals surface area contributed by atoms with E-state index in [2.05, 4.69) is 22.4 Å². The number of hydrogen-bond acceptors (Lipinski definition) is 5. The molecule has 2 rings (SSSR count). The molecule has 1 aromatic carbocycles. The summed E-state index contributed by atoms with van der Waals surface area (Å²) in [4.78, 5) is 12.0. The van der Waals surface area contributed by atoms with Crippen LogP contribution in [0, 0.1) is 0 Å². The number of nitrogens with zero attached hydrogens (tertiary/aromatic N) is 3. The average molecular weight is 373 g/mol. The fraction of sp³-hybridized carbons (Fsp3) is 0.400. The number of carbonyl (C=O) groups excluding carboxylic acids is 1. The van der Waals surface area contributed by atoms with Crippen LogP contribution in [0.5, 0.6) is 0 Å². The van der Waals surface area contributed by atoms with E-state index in [9.17, 15) is 18.0 Å². The topological polar surface area (TPSA) is 85.8 Å². The minimum atomic E-state index is -4.69. The second-order valence-corrected chi connectivity index (χ2v) is 6.29. The number of thioether (sulfide) groups is 1. The molecule has 0 aliphatic carbocycles. The van der Waals surface area contributed by atoms with Gasteiger partial charge in [0.25, 0.3) is 5.82 Å². The molecule has 3 N–H and O–H groups in total. The van der Waals surface area contributed by atoms with Gasteiger partial charge in [0.15, 0.2) is 0 Å². The van der Waals surface area contributed by atoms with Crippen molar-refractivity contribution in [1.82, 2.24) is 20.2 Å². The largest absolute Gasteiger partial charge is 0.453 e. The number of amides is 1. The van der Waals surface area contributed by atoms with Gasteiger partial charge in [-0.15, -0.1) is 10.2 Å². The van der Waals surface area contributed by atoms with Crippen molar-refractivity contribution in [3.8, 4) is 0 Å². The summed E-state index contributed by atoms with van der Waals surface area (Å²) in [5.74, 6) is 3.55. The van der Waals surface area contributed by atoms with Crippen molar-refractivity contribution in [1.29, 1.82) is 0 Å². The number of aromatic nitrogens is 3. The Hall–Kier alpha value is -2.23. The molecule has 0 spiro atoms. The molecule has 0 fully saturated rings. The van der Waals surface area contributed by atoms with Gasteiger partial charge in [0.2, 0.25) is 11.1 Å². The van der Waals surface area contributed by atoms with Gasteiger partial charge in [-0.1, -0.05) is 43.0 Å². The maximum atomic E-state index is 12.6. The lowest BCUT2D eigenvalue weighted by Crippen LogP contribution is -2.28. The van der Waals surface area contributed by atoms with E-state index in [1.165, 1.54) is 5.56 Å². The second-order valence-electron chi connectivity index (χ2n) is 5.35. The van der Waals surface area contributed by atoms with Crippen LogP contribution in [0.15, 0.2) is 29.4 Å². The van der Waals surface area contributed by atoms with Crippen molar-refractivity contribution in [3.63, 3.8) is 0 Å². The molecular weight excluding hydrogens is 355 g/mol. The first kappa shape index (κ1) is 19.1. The molecule has 136 valence electrons. The molecule has 2 aromatic rings. The van der Waals surface area contributed by atoms with Gasteiger partial charge in [-0.3, -0.25) is 4.79 Å². The number of nitrogen functional groups attached to an aromatic ring is 1. The van der Waals surface area contributed by atoms with Gasteiger partial charge in [-0.25, -0.2) is 4.68 Å². The minimum absolute atomic E-state index is 0.120. The maximum absolute atomic E-state index is 12.6. The molecule has 0 aliphatic heterocycles. The van der Waals surface area contributed by atoms with Gasteiger partial charge in [0.1, 0.15) is 0 Å². The van der Waals surface area contributed by atoms with Crippen LogP contribution in [-0.2, 0) is 17.4 Å². The molecule has 0 aliphatic rings. The fourth-order valence-corrected chi connectivity index (χ4v) is 2.78. The molecule has 0 bridgehead atoms. The lowest BCUT2D eigenvalue weighted by Gasteiger charge is -2.14. The smallest absolute Gasteiger partial charge is 0.349 e. The lowest BCUT2D eigenvalue weighted by atomic mass is 10.1. The zero-order valence-corrected chi connectivity index (χ0v) is 14.5. The molecule has 1 amide bonds. The fourth-order valence-electron chi connectivity index (χ4n) is 2.11. The van der Waals surface area contributed by atoms with E-state index >= 15 is 0 Å². The highest BCUT2D eigenvalue weighted by Crippen LogP contribution is 2.28. The zero-order valence-electron chi connectivity index (χ0n) is 13.7. The summed E-state index contributed by atoms with van der Waals surface area (Å²) in [5.41, 5.74) is 2.14. The Bertz CT molecular complexity index is 730. The molecular formula is C15H18F3N5OS. The quantitative estimate of drug-likeness (QED) is 0.600. The molecule has 1 unspecified atom stereocenters. The predicted octanol–water partition coefficient (Wildman–Crippen LogP) is 2.54. The van der Waals surface area contributed by atoms with Gasteiger partial charge in [0.05, 0.1) is 11.8 Å². The molecule has 25 heavy (non-hydrogen) atoms.